The molecular weight excluding hydrogens is 439 g/mol. The Morgan fingerprint density at radius 2 is 1.72 bits per heavy atom. The molecule has 0 bridgehead atoms. The summed E-state index contributed by atoms with van der Waals surface area (Å²) in [6, 6.07) is 11.7. The molecule has 1 heterocycles. The van der Waals surface area contributed by atoms with Gasteiger partial charge in [-0.25, -0.2) is 4.39 Å². The normalized spacial score (nSPS) is 18.7. The SMILES string of the molecule is CN(C)CCCN1C(=O)C(=O)C(=C(O)c2ccc(Br)cc2)[C@@H]1c1ccc(F)cc1. The predicted octanol–water partition coefficient (Wildman–Crippen LogP) is 3.96. The zero-order valence-electron chi connectivity index (χ0n) is 16.2. The smallest absolute Gasteiger partial charge is 0.295 e. The molecule has 2 aromatic rings. The van der Waals surface area contributed by atoms with Gasteiger partial charge in [0.05, 0.1) is 11.6 Å². The van der Waals surface area contributed by atoms with Crippen LogP contribution in [0.1, 0.15) is 23.6 Å². The van der Waals surface area contributed by atoms with E-state index in [2.05, 4.69) is 15.9 Å². The molecule has 7 heteroatoms. The lowest BCUT2D eigenvalue weighted by Crippen LogP contribution is -2.32. The zero-order valence-corrected chi connectivity index (χ0v) is 17.8. The minimum absolute atomic E-state index is 0.0220. The van der Waals surface area contributed by atoms with Gasteiger partial charge in [0.2, 0.25) is 0 Å². The maximum Gasteiger partial charge on any atom is 0.295 e. The summed E-state index contributed by atoms with van der Waals surface area (Å²) in [7, 11) is 3.86. The Morgan fingerprint density at radius 3 is 2.31 bits per heavy atom. The Balaban J connectivity index is 2.07. The van der Waals surface area contributed by atoms with Crippen LogP contribution in [-0.4, -0.2) is 53.8 Å². The molecule has 0 saturated carbocycles. The van der Waals surface area contributed by atoms with Crippen LogP contribution in [-0.2, 0) is 9.59 Å². The van der Waals surface area contributed by atoms with Crippen molar-refractivity contribution >= 4 is 33.4 Å². The first kappa shape index (κ1) is 21.2. The van der Waals surface area contributed by atoms with Crippen molar-refractivity contribution in [3.63, 3.8) is 0 Å². The van der Waals surface area contributed by atoms with Crippen molar-refractivity contribution in [3.05, 3.63) is 75.5 Å². The van der Waals surface area contributed by atoms with Gasteiger partial charge >= 0.3 is 0 Å². The third-order valence-corrected chi connectivity index (χ3v) is 5.38. The fraction of sp³-hybridized carbons (Fsp3) is 0.273. The number of ketones is 1. The highest BCUT2D eigenvalue weighted by molar-refractivity contribution is 9.10. The molecule has 0 aliphatic carbocycles. The molecule has 2 aromatic carbocycles. The predicted molar refractivity (Wildman–Crippen MR) is 113 cm³/mol. The average Bonchev–Trinajstić information content (AvgIpc) is 2.93. The van der Waals surface area contributed by atoms with Gasteiger partial charge in [0.25, 0.3) is 11.7 Å². The number of hydrogen-bond acceptors (Lipinski definition) is 4. The molecule has 29 heavy (non-hydrogen) atoms. The lowest BCUT2D eigenvalue weighted by atomic mass is 9.95. The van der Waals surface area contributed by atoms with Gasteiger partial charge in [0.15, 0.2) is 0 Å². The van der Waals surface area contributed by atoms with Crippen molar-refractivity contribution in [3.8, 4) is 0 Å². The maximum absolute atomic E-state index is 13.5. The number of rotatable bonds is 6. The number of halogens is 2. The molecule has 1 atom stereocenters. The molecular formula is C22H22BrFN2O3. The Labute approximate surface area is 177 Å². The molecule has 1 saturated heterocycles. The molecule has 1 fully saturated rings. The monoisotopic (exact) mass is 460 g/mol. The quantitative estimate of drug-likeness (QED) is 0.402. The summed E-state index contributed by atoms with van der Waals surface area (Å²) in [5.41, 5.74) is 1.04. The van der Waals surface area contributed by atoms with Crippen LogP contribution in [0.5, 0.6) is 0 Å². The summed E-state index contributed by atoms with van der Waals surface area (Å²) in [4.78, 5) is 29.1. The Kier molecular flexibility index (Phi) is 6.49. The number of Topliss-reactive ketones (excluding diaryl/α,β-unsaturated/α-hetero) is 1. The Bertz CT molecular complexity index is 940. The second-order valence-corrected chi connectivity index (χ2v) is 8.12. The number of amides is 1. The van der Waals surface area contributed by atoms with Gasteiger partial charge in [-0.2, -0.15) is 0 Å². The topological polar surface area (TPSA) is 60.9 Å². The molecule has 0 unspecified atom stereocenters. The third-order valence-electron chi connectivity index (χ3n) is 4.85. The number of nitrogens with zero attached hydrogens (tertiary/aromatic N) is 2. The van der Waals surface area contributed by atoms with Crippen LogP contribution in [0.2, 0.25) is 0 Å². The number of aliphatic hydroxyl groups excluding tert-OH is 1. The number of likely N-dealkylation sites (tertiary alicyclic amines) is 1. The van der Waals surface area contributed by atoms with Crippen molar-refractivity contribution in [2.24, 2.45) is 0 Å². The van der Waals surface area contributed by atoms with Crippen LogP contribution < -0.4 is 0 Å². The van der Waals surface area contributed by atoms with E-state index in [-0.39, 0.29) is 11.3 Å². The van der Waals surface area contributed by atoms with Crippen LogP contribution >= 0.6 is 15.9 Å². The minimum Gasteiger partial charge on any atom is -0.507 e. The minimum atomic E-state index is -0.763. The van der Waals surface area contributed by atoms with E-state index in [1.165, 1.54) is 17.0 Å². The van der Waals surface area contributed by atoms with Crippen molar-refractivity contribution in [1.29, 1.82) is 0 Å². The average molecular weight is 461 g/mol. The van der Waals surface area contributed by atoms with E-state index in [0.717, 1.165) is 11.0 Å². The van der Waals surface area contributed by atoms with Crippen molar-refractivity contribution in [1.82, 2.24) is 9.80 Å². The van der Waals surface area contributed by atoms with E-state index in [0.29, 0.717) is 24.1 Å². The van der Waals surface area contributed by atoms with Crippen LogP contribution in [0.4, 0.5) is 4.39 Å². The fourth-order valence-corrected chi connectivity index (χ4v) is 3.69. The molecule has 1 aliphatic heterocycles. The summed E-state index contributed by atoms with van der Waals surface area (Å²) in [5.74, 6) is -2.03. The van der Waals surface area contributed by atoms with Crippen LogP contribution in [0, 0.1) is 5.82 Å². The molecule has 3 rings (SSSR count). The standard InChI is InChI=1S/C22H22BrFN2O3/c1-25(2)12-3-13-26-19(14-6-10-17(24)11-7-14)18(21(28)22(26)29)20(27)15-4-8-16(23)9-5-15/h4-11,19,27H,3,12-13H2,1-2H3/t19-/m0/s1. The van der Waals surface area contributed by atoms with E-state index in [9.17, 15) is 19.1 Å². The van der Waals surface area contributed by atoms with Crippen molar-refractivity contribution in [2.75, 3.05) is 27.2 Å². The first-order valence-electron chi connectivity index (χ1n) is 9.24. The van der Waals surface area contributed by atoms with E-state index in [4.69, 9.17) is 0 Å². The molecule has 0 spiro atoms. The van der Waals surface area contributed by atoms with Crippen LogP contribution in [0.3, 0.4) is 0 Å². The highest BCUT2D eigenvalue weighted by Crippen LogP contribution is 2.39. The van der Waals surface area contributed by atoms with Crippen LogP contribution in [0.15, 0.2) is 58.6 Å². The molecule has 0 radical (unpaired) electrons. The Hall–Kier alpha value is -2.51. The summed E-state index contributed by atoms with van der Waals surface area (Å²) in [6.07, 6.45) is 0.663. The van der Waals surface area contributed by atoms with Crippen molar-refractivity contribution in [2.45, 2.75) is 12.5 Å². The Morgan fingerprint density at radius 1 is 1.10 bits per heavy atom. The van der Waals surface area contributed by atoms with Gasteiger partial charge in [-0.05, 0) is 56.9 Å². The molecule has 152 valence electrons. The van der Waals surface area contributed by atoms with Gasteiger partial charge in [-0.1, -0.05) is 40.2 Å². The number of carbonyl (C=O) groups is 2. The summed E-state index contributed by atoms with van der Waals surface area (Å²) < 4.78 is 14.3. The first-order chi connectivity index (χ1) is 13.8. The fourth-order valence-electron chi connectivity index (χ4n) is 3.42. The zero-order chi connectivity index (χ0) is 21.1. The number of aliphatic hydroxyl groups is 1. The number of benzene rings is 2. The van der Waals surface area contributed by atoms with Gasteiger partial charge in [0, 0.05) is 16.6 Å². The lowest BCUT2D eigenvalue weighted by molar-refractivity contribution is -0.139. The van der Waals surface area contributed by atoms with E-state index < -0.39 is 23.5 Å². The number of hydrogen-bond donors (Lipinski definition) is 1. The van der Waals surface area contributed by atoms with Crippen molar-refractivity contribution < 1.29 is 19.1 Å². The maximum atomic E-state index is 13.5. The lowest BCUT2D eigenvalue weighted by Gasteiger charge is -2.26. The largest absolute Gasteiger partial charge is 0.507 e. The van der Waals surface area contributed by atoms with E-state index >= 15 is 0 Å². The van der Waals surface area contributed by atoms with Gasteiger partial charge in [-0.3, -0.25) is 9.59 Å². The number of carbonyl (C=O) groups excluding carboxylic acids is 2. The molecule has 1 N–H and O–H groups in total. The molecule has 0 aromatic heterocycles. The molecule has 5 nitrogen and oxygen atoms in total. The molecule has 1 aliphatic rings. The molecule has 1 amide bonds. The second kappa shape index (κ2) is 8.88. The summed E-state index contributed by atoms with van der Waals surface area (Å²) in [6.45, 7) is 1.09. The highest BCUT2D eigenvalue weighted by atomic mass is 79.9. The summed E-state index contributed by atoms with van der Waals surface area (Å²) >= 11 is 3.34. The highest BCUT2D eigenvalue weighted by Gasteiger charge is 2.45. The third kappa shape index (κ3) is 4.57. The van der Waals surface area contributed by atoms with E-state index in [1.807, 2.05) is 19.0 Å². The second-order valence-electron chi connectivity index (χ2n) is 7.21. The van der Waals surface area contributed by atoms with Gasteiger partial charge < -0.3 is 14.9 Å². The van der Waals surface area contributed by atoms with Gasteiger partial charge in [-0.15, -0.1) is 0 Å². The van der Waals surface area contributed by atoms with Gasteiger partial charge in [0.1, 0.15) is 11.6 Å². The first-order valence-corrected chi connectivity index (χ1v) is 10.0. The van der Waals surface area contributed by atoms with Crippen LogP contribution in [0.25, 0.3) is 5.76 Å². The summed E-state index contributed by atoms with van der Waals surface area (Å²) in [5, 5.41) is 10.9. The van der Waals surface area contributed by atoms with E-state index in [1.54, 1.807) is 36.4 Å².